The number of benzene rings is 2. The molecule has 2 aromatic carbocycles. The van der Waals surface area contributed by atoms with Crippen LogP contribution in [0.2, 0.25) is 0 Å². The SMILES string of the molecule is CC(NC(=O)CC(N)c1ccccc1)(C(N)=O)c1cccc(C(F)(F)F)c1.Cl. The Bertz CT molecular complexity index is 831. The predicted octanol–water partition coefficient (Wildman–Crippen LogP) is 3.03. The number of nitrogens with one attached hydrogen (secondary N) is 1. The molecular weight excluding hydrogens is 395 g/mol. The third-order valence-corrected chi connectivity index (χ3v) is 4.28. The zero-order valence-electron chi connectivity index (χ0n) is 15.0. The van der Waals surface area contributed by atoms with E-state index in [-0.39, 0.29) is 24.4 Å². The second-order valence-corrected chi connectivity index (χ2v) is 6.34. The Balaban J connectivity index is 0.00000392. The van der Waals surface area contributed by atoms with Crippen LogP contribution in [0.5, 0.6) is 0 Å². The quantitative estimate of drug-likeness (QED) is 0.676. The van der Waals surface area contributed by atoms with Gasteiger partial charge in [0.2, 0.25) is 11.8 Å². The van der Waals surface area contributed by atoms with Crippen LogP contribution in [0.4, 0.5) is 13.2 Å². The first-order valence-electron chi connectivity index (χ1n) is 8.13. The highest BCUT2D eigenvalue weighted by Crippen LogP contribution is 2.32. The van der Waals surface area contributed by atoms with Crippen LogP contribution in [0.25, 0.3) is 0 Å². The first kappa shape index (κ1) is 23.5. The number of nitrogens with two attached hydrogens (primary N) is 2. The Hall–Kier alpha value is -2.58. The average molecular weight is 416 g/mol. The zero-order chi connectivity index (χ0) is 20.2. The van der Waals surface area contributed by atoms with E-state index in [0.29, 0.717) is 5.56 Å². The lowest BCUT2D eigenvalue weighted by atomic mass is 9.89. The summed E-state index contributed by atoms with van der Waals surface area (Å²) in [6, 6.07) is 12.3. The molecule has 2 rings (SSSR count). The summed E-state index contributed by atoms with van der Waals surface area (Å²) < 4.78 is 38.9. The Morgan fingerprint density at radius 2 is 1.61 bits per heavy atom. The van der Waals surface area contributed by atoms with E-state index < -0.39 is 35.1 Å². The summed E-state index contributed by atoms with van der Waals surface area (Å²) in [6.07, 6.45) is -4.75. The summed E-state index contributed by atoms with van der Waals surface area (Å²) in [6.45, 7) is 1.26. The van der Waals surface area contributed by atoms with Gasteiger partial charge in [-0.2, -0.15) is 13.2 Å². The molecule has 0 aromatic heterocycles. The first-order chi connectivity index (χ1) is 12.5. The molecule has 0 radical (unpaired) electrons. The summed E-state index contributed by atoms with van der Waals surface area (Å²) >= 11 is 0. The lowest BCUT2D eigenvalue weighted by Gasteiger charge is -2.29. The molecule has 2 aromatic rings. The Kier molecular flexibility index (Phi) is 7.60. The highest BCUT2D eigenvalue weighted by Gasteiger charge is 2.38. The largest absolute Gasteiger partial charge is 0.416 e. The second-order valence-electron chi connectivity index (χ2n) is 6.34. The van der Waals surface area contributed by atoms with E-state index in [0.717, 1.165) is 18.2 Å². The van der Waals surface area contributed by atoms with Gasteiger partial charge in [-0.1, -0.05) is 42.5 Å². The average Bonchev–Trinajstić information content (AvgIpc) is 2.61. The molecular formula is C19H21ClF3N3O2. The zero-order valence-corrected chi connectivity index (χ0v) is 15.8. The predicted molar refractivity (Wildman–Crippen MR) is 101 cm³/mol. The molecule has 0 saturated heterocycles. The molecule has 0 aliphatic heterocycles. The summed E-state index contributed by atoms with van der Waals surface area (Å²) in [5.41, 5.74) is 9.27. The number of primary amides is 1. The lowest BCUT2D eigenvalue weighted by Crippen LogP contribution is -2.53. The van der Waals surface area contributed by atoms with Crippen molar-refractivity contribution in [2.75, 3.05) is 0 Å². The summed E-state index contributed by atoms with van der Waals surface area (Å²) in [4.78, 5) is 24.3. The third-order valence-electron chi connectivity index (χ3n) is 4.28. The van der Waals surface area contributed by atoms with Crippen molar-refractivity contribution >= 4 is 24.2 Å². The molecule has 5 nitrogen and oxygen atoms in total. The molecule has 0 spiro atoms. The van der Waals surface area contributed by atoms with Gasteiger partial charge in [0, 0.05) is 12.5 Å². The Labute approximate surface area is 166 Å². The summed E-state index contributed by atoms with van der Waals surface area (Å²) in [5, 5.41) is 2.43. The molecule has 2 unspecified atom stereocenters. The minimum Gasteiger partial charge on any atom is -0.367 e. The normalized spacial score (nSPS) is 14.3. The molecule has 0 heterocycles. The van der Waals surface area contributed by atoms with Crippen molar-refractivity contribution in [2.24, 2.45) is 11.5 Å². The molecule has 5 N–H and O–H groups in total. The monoisotopic (exact) mass is 415 g/mol. The maximum atomic E-state index is 13.0. The van der Waals surface area contributed by atoms with Crippen LogP contribution in [-0.2, 0) is 21.3 Å². The number of amides is 2. The lowest BCUT2D eigenvalue weighted by molar-refractivity contribution is -0.138. The molecule has 0 fully saturated rings. The number of carbonyl (C=O) groups excluding carboxylic acids is 2. The number of carbonyl (C=O) groups is 2. The molecule has 2 amide bonds. The van der Waals surface area contributed by atoms with E-state index in [1.807, 2.05) is 0 Å². The number of hydrogen-bond acceptors (Lipinski definition) is 3. The van der Waals surface area contributed by atoms with Crippen molar-refractivity contribution in [2.45, 2.75) is 31.1 Å². The van der Waals surface area contributed by atoms with Gasteiger partial charge in [0.25, 0.3) is 0 Å². The van der Waals surface area contributed by atoms with Gasteiger partial charge in [0.15, 0.2) is 0 Å². The molecule has 0 aliphatic carbocycles. The first-order valence-corrected chi connectivity index (χ1v) is 8.13. The minimum atomic E-state index is -4.59. The summed E-state index contributed by atoms with van der Waals surface area (Å²) in [5.74, 6) is -1.59. The number of alkyl halides is 3. The third kappa shape index (κ3) is 5.46. The maximum Gasteiger partial charge on any atom is 0.416 e. The van der Waals surface area contributed by atoms with E-state index in [1.54, 1.807) is 30.3 Å². The van der Waals surface area contributed by atoms with Crippen molar-refractivity contribution < 1.29 is 22.8 Å². The number of rotatable bonds is 6. The van der Waals surface area contributed by atoms with E-state index in [2.05, 4.69) is 5.32 Å². The van der Waals surface area contributed by atoms with E-state index in [1.165, 1.54) is 13.0 Å². The van der Waals surface area contributed by atoms with Crippen molar-refractivity contribution in [1.82, 2.24) is 5.32 Å². The number of hydrogen-bond donors (Lipinski definition) is 3. The van der Waals surface area contributed by atoms with Gasteiger partial charge < -0.3 is 16.8 Å². The molecule has 0 aliphatic rings. The van der Waals surface area contributed by atoms with Gasteiger partial charge in [-0.25, -0.2) is 0 Å². The molecule has 152 valence electrons. The van der Waals surface area contributed by atoms with Crippen molar-refractivity contribution in [3.63, 3.8) is 0 Å². The molecule has 0 saturated carbocycles. The van der Waals surface area contributed by atoms with E-state index in [4.69, 9.17) is 11.5 Å². The van der Waals surface area contributed by atoms with E-state index >= 15 is 0 Å². The van der Waals surface area contributed by atoms with Crippen LogP contribution in [0, 0.1) is 0 Å². The van der Waals surface area contributed by atoms with Crippen LogP contribution in [-0.4, -0.2) is 11.8 Å². The van der Waals surface area contributed by atoms with Crippen LogP contribution in [0.3, 0.4) is 0 Å². The van der Waals surface area contributed by atoms with Crippen LogP contribution in [0.1, 0.15) is 36.1 Å². The smallest absolute Gasteiger partial charge is 0.367 e. The highest BCUT2D eigenvalue weighted by atomic mass is 35.5. The minimum absolute atomic E-state index is 0. The van der Waals surface area contributed by atoms with Crippen molar-refractivity contribution in [3.8, 4) is 0 Å². The molecule has 9 heteroatoms. The Morgan fingerprint density at radius 3 is 2.14 bits per heavy atom. The van der Waals surface area contributed by atoms with Crippen LogP contribution >= 0.6 is 12.4 Å². The van der Waals surface area contributed by atoms with Gasteiger partial charge in [0.1, 0.15) is 5.54 Å². The van der Waals surface area contributed by atoms with Gasteiger partial charge >= 0.3 is 6.18 Å². The Morgan fingerprint density at radius 1 is 1.04 bits per heavy atom. The fraction of sp³-hybridized carbons (Fsp3) is 0.263. The molecule has 2 atom stereocenters. The van der Waals surface area contributed by atoms with Crippen molar-refractivity contribution in [3.05, 3.63) is 71.3 Å². The summed E-state index contributed by atoms with van der Waals surface area (Å²) in [7, 11) is 0. The molecule has 0 bridgehead atoms. The van der Waals surface area contributed by atoms with Crippen molar-refractivity contribution in [1.29, 1.82) is 0 Å². The van der Waals surface area contributed by atoms with Crippen LogP contribution in [0.15, 0.2) is 54.6 Å². The second kappa shape index (κ2) is 9.07. The molecule has 28 heavy (non-hydrogen) atoms. The fourth-order valence-corrected chi connectivity index (χ4v) is 2.63. The topological polar surface area (TPSA) is 98.2 Å². The van der Waals surface area contributed by atoms with Gasteiger partial charge in [-0.05, 0) is 30.2 Å². The van der Waals surface area contributed by atoms with Gasteiger partial charge in [-0.15, -0.1) is 12.4 Å². The standard InChI is InChI=1S/C19H20F3N3O2.ClH/c1-18(17(24)27,13-8-5-9-14(10-13)19(20,21)22)25-16(26)11-15(23)12-6-3-2-4-7-12;/h2-10,15H,11,23H2,1H3,(H2,24,27)(H,25,26);1H. The van der Waals surface area contributed by atoms with Gasteiger partial charge in [-0.3, -0.25) is 9.59 Å². The van der Waals surface area contributed by atoms with Gasteiger partial charge in [0.05, 0.1) is 5.56 Å². The van der Waals surface area contributed by atoms with E-state index in [9.17, 15) is 22.8 Å². The maximum absolute atomic E-state index is 13.0. The number of halogens is 4. The highest BCUT2D eigenvalue weighted by molar-refractivity contribution is 5.91. The van der Waals surface area contributed by atoms with Crippen LogP contribution < -0.4 is 16.8 Å². The fourth-order valence-electron chi connectivity index (χ4n) is 2.63.